The van der Waals surface area contributed by atoms with Gasteiger partial charge in [-0.05, 0) is 16.3 Å². The zero-order valence-electron chi connectivity index (χ0n) is 21.1. The van der Waals surface area contributed by atoms with Crippen molar-refractivity contribution in [2.45, 2.75) is 26.9 Å². The van der Waals surface area contributed by atoms with Gasteiger partial charge in [-0.3, -0.25) is 0 Å². The maximum absolute atomic E-state index is 2.31. The number of hydrogen-bond donors (Lipinski definition) is 0. The van der Waals surface area contributed by atoms with E-state index in [0.29, 0.717) is 0 Å². The molecule has 0 bridgehead atoms. The zero-order valence-corrected chi connectivity index (χ0v) is 26.1. The third-order valence-corrected chi connectivity index (χ3v) is 5.74. The Kier molecular flexibility index (Phi) is 11.9. The summed E-state index contributed by atoms with van der Waals surface area (Å²) >= 11 is 1.74. The van der Waals surface area contributed by atoms with Crippen LogP contribution < -0.4 is 24.8 Å². The minimum absolute atomic E-state index is 0. The summed E-state index contributed by atoms with van der Waals surface area (Å²) < 4.78 is 0. The van der Waals surface area contributed by atoms with E-state index in [1.54, 1.807) is 23.3 Å². The van der Waals surface area contributed by atoms with Gasteiger partial charge >= 0.3 is 41.9 Å². The van der Waals surface area contributed by atoms with Crippen LogP contribution in [0.3, 0.4) is 0 Å². The first-order chi connectivity index (χ1) is 16.4. The Labute approximate surface area is 242 Å². The second-order valence-electron chi connectivity index (χ2n) is 9.03. The predicted octanol–water partition coefficient (Wildman–Crippen LogP) is 3.35. The Morgan fingerprint density at radius 3 is 1.72 bits per heavy atom. The van der Waals surface area contributed by atoms with Gasteiger partial charge < -0.3 is 24.8 Å². The van der Waals surface area contributed by atoms with Crippen LogP contribution in [0.5, 0.6) is 0 Å². The monoisotopic (exact) mass is 602 g/mol. The van der Waals surface area contributed by atoms with Crippen LogP contribution in [-0.2, 0) is 23.3 Å². The molecule has 6 aromatic rings. The molecule has 0 radical (unpaired) electrons. The average molecular weight is 605 g/mol. The first-order valence-corrected chi connectivity index (χ1v) is 17.9. The van der Waals surface area contributed by atoms with E-state index in [9.17, 15) is 0 Å². The van der Waals surface area contributed by atoms with E-state index in [1.807, 2.05) is 0 Å². The maximum Gasteiger partial charge on any atom is -0.0114 e. The molecule has 0 atom stereocenters. The van der Waals surface area contributed by atoms with Crippen molar-refractivity contribution in [3.8, 4) is 11.1 Å². The molecule has 36 heavy (non-hydrogen) atoms. The topological polar surface area (TPSA) is 0 Å². The molecule has 0 spiro atoms. The Balaban J connectivity index is 0.000000241. The Hall–Kier alpha value is -1.96. The Bertz CT molecular complexity index is 1530. The number of hydrogen-bond acceptors (Lipinski definition) is 0. The van der Waals surface area contributed by atoms with E-state index in [0.717, 1.165) is 0 Å². The van der Waals surface area contributed by atoms with Crippen molar-refractivity contribution in [1.29, 1.82) is 0 Å². The van der Waals surface area contributed by atoms with Crippen LogP contribution in [0, 0.1) is 13.8 Å². The number of halogens is 2. The molecule has 0 aliphatic carbocycles. The van der Waals surface area contributed by atoms with Gasteiger partial charge in [0.25, 0.3) is 0 Å². The van der Waals surface area contributed by atoms with Gasteiger partial charge in [0.2, 0.25) is 0 Å². The fourth-order valence-electron chi connectivity index (χ4n) is 4.39. The molecule has 0 aliphatic rings. The molecule has 0 nitrogen and oxygen atoms in total. The molecule has 0 amide bonds. The summed E-state index contributed by atoms with van der Waals surface area (Å²) in [4.78, 5) is 0. The van der Waals surface area contributed by atoms with E-state index in [4.69, 9.17) is 0 Å². The van der Waals surface area contributed by atoms with Crippen molar-refractivity contribution >= 4 is 37.8 Å². The second-order valence-corrected chi connectivity index (χ2v) is 18.4. The van der Waals surface area contributed by atoms with Crippen LogP contribution in [0.25, 0.3) is 43.4 Å². The van der Waals surface area contributed by atoms with E-state index in [2.05, 4.69) is 136 Å². The van der Waals surface area contributed by atoms with Crippen LogP contribution in [-0.4, -0.2) is 5.43 Å². The number of fused-ring (bicyclic) bond motifs is 3. The molecule has 6 rings (SSSR count). The van der Waals surface area contributed by atoms with E-state index < -0.39 is 0 Å². The van der Waals surface area contributed by atoms with Crippen LogP contribution in [0.2, 0.25) is 13.1 Å². The van der Waals surface area contributed by atoms with Gasteiger partial charge in [0.05, 0.1) is 0 Å². The van der Waals surface area contributed by atoms with Gasteiger partial charge in [-0.1, -0.05) is 74.0 Å². The number of aryl methyl sites for hydroxylation is 2. The van der Waals surface area contributed by atoms with Gasteiger partial charge in [-0.2, -0.15) is 12.1 Å². The molecule has 0 fully saturated rings. The molecule has 0 aliphatic heterocycles. The zero-order chi connectivity index (χ0) is 24.1. The normalized spacial score (nSPS) is 9.94. The molecular weight excluding hydrogens is 575 g/mol. The van der Waals surface area contributed by atoms with Crippen molar-refractivity contribution in [2.75, 3.05) is 0 Å². The van der Waals surface area contributed by atoms with Crippen molar-refractivity contribution in [2.24, 2.45) is 0 Å². The molecule has 4 heteroatoms. The summed E-state index contributed by atoms with van der Waals surface area (Å²) in [5.74, 6) is 0. The molecular formula is C32H30Cl2SiZr-2. The average Bonchev–Trinajstić information content (AvgIpc) is 3.39. The standard InChI is InChI=1S/C20H15.C10H9.C2H6Si.2ClH.Zr/c1-14-12-16-8-5-11-19(20(16)13-14)18-10-4-7-15-6-2-3-9-17(15)18;1-8-6-9-4-2-3-5-10(9)7-8;1-3-2;;;/h2-13H,1H3;2-7H,1H3;1-2H3;2*1H;/q2*-1;;;;+2/p-2. The molecule has 0 saturated carbocycles. The number of rotatable bonds is 1. The summed E-state index contributed by atoms with van der Waals surface area (Å²) in [6, 6.07) is 39.1. The minimum atomic E-state index is 0. The van der Waals surface area contributed by atoms with Crippen molar-refractivity contribution in [1.82, 2.24) is 0 Å². The van der Waals surface area contributed by atoms with E-state index >= 15 is 0 Å². The fraction of sp³-hybridized carbons (Fsp3) is 0.125. The van der Waals surface area contributed by atoms with Crippen molar-refractivity contribution in [3.63, 3.8) is 0 Å². The molecule has 0 N–H and O–H groups in total. The molecule has 6 aromatic carbocycles. The molecule has 0 unspecified atom stereocenters. The molecule has 0 heterocycles. The quantitative estimate of drug-likeness (QED) is 0.200. The summed E-state index contributed by atoms with van der Waals surface area (Å²) in [6.07, 6.45) is 0. The Morgan fingerprint density at radius 1 is 0.556 bits per heavy atom. The van der Waals surface area contributed by atoms with Crippen molar-refractivity contribution in [3.05, 3.63) is 120 Å². The summed E-state index contributed by atoms with van der Waals surface area (Å²) in [6.45, 7) is 8.90. The maximum atomic E-state index is 2.31. The number of benzene rings is 4. The van der Waals surface area contributed by atoms with Gasteiger partial charge in [0.1, 0.15) is 0 Å². The summed E-state index contributed by atoms with van der Waals surface area (Å²) in [7, 11) is 0. The minimum Gasteiger partial charge on any atom is -1.00 e. The molecule has 182 valence electrons. The van der Waals surface area contributed by atoms with Gasteiger partial charge in [0.15, 0.2) is 0 Å². The van der Waals surface area contributed by atoms with Crippen LogP contribution in [0.1, 0.15) is 11.1 Å². The van der Waals surface area contributed by atoms with Gasteiger partial charge in [-0.15, -0.1) is 75.1 Å². The third kappa shape index (κ3) is 7.53. The third-order valence-electron chi connectivity index (χ3n) is 5.74. The smallest absolute Gasteiger partial charge is 0.0114 e. The predicted molar refractivity (Wildman–Crippen MR) is 149 cm³/mol. The largest absolute Gasteiger partial charge is 1.00 e. The first kappa shape index (κ1) is 30.3. The summed E-state index contributed by atoms with van der Waals surface area (Å²) in [5, 5.41) is 7.99. The fourth-order valence-corrected chi connectivity index (χ4v) is 4.39. The second kappa shape index (κ2) is 14.1. The van der Waals surface area contributed by atoms with Gasteiger partial charge in [0, 0.05) is 0 Å². The van der Waals surface area contributed by atoms with Crippen LogP contribution in [0.15, 0.2) is 109 Å². The first-order valence-electron chi connectivity index (χ1n) is 11.7. The van der Waals surface area contributed by atoms with Crippen LogP contribution >= 0.6 is 0 Å². The molecule has 0 saturated heterocycles. The SMILES string of the molecule is C[Si](C)=[Zr+2].Cc1cc2c(-c3cccc4ccccc34)cccc2[cH-]1.Cc1cc2ccccc2[cH-]1.[Cl-].[Cl-]. The van der Waals surface area contributed by atoms with E-state index in [1.165, 1.54) is 54.6 Å². The van der Waals surface area contributed by atoms with E-state index in [-0.39, 0.29) is 30.2 Å². The van der Waals surface area contributed by atoms with Gasteiger partial charge in [-0.25, -0.2) is 0 Å². The summed E-state index contributed by atoms with van der Waals surface area (Å²) in [5.41, 5.74) is 5.53. The van der Waals surface area contributed by atoms with Crippen LogP contribution in [0.4, 0.5) is 0 Å². The Morgan fingerprint density at radius 2 is 1.03 bits per heavy atom. The molecule has 0 aromatic heterocycles. The van der Waals surface area contributed by atoms with Crippen molar-refractivity contribution < 1.29 is 48.1 Å².